The maximum atomic E-state index is 12.5. The van der Waals surface area contributed by atoms with Crippen LogP contribution in [0.4, 0.5) is 18.9 Å². The zero-order valence-electron chi connectivity index (χ0n) is 13.8. The first-order chi connectivity index (χ1) is 12.2. The Labute approximate surface area is 153 Å². The van der Waals surface area contributed by atoms with Gasteiger partial charge in [-0.25, -0.2) is 0 Å². The number of rotatable bonds is 5. The van der Waals surface area contributed by atoms with Crippen molar-refractivity contribution in [2.75, 3.05) is 18.9 Å². The standard InChI is InChI=1S/C18H15ClF3N3O/c1-25(10-12-2-5-14(6-3-12)18(20,21)22)11-17(26)24-15-7-4-13(9-23)16(19)8-15/h2-8H,10-11H2,1H3,(H,24,26). The third-order valence-corrected chi connectivity index (χ3v) is 3.83. The topological polar surface area (TPSA) is 56.1 Å². The molecule has 0 saturated heterocycles. The number of hydrogen-bond acceptors (Lipinski definition) is 3. The van der Waals surface area contributed by atoms with Gasteiger partial charge in [0.25, 0.3) is 0 Å². The van der Waals surface area contributed by atoms with Crippen LogP contribution in [0.25, 0.3) is 0 Å². The number of hydrogen-bond donors (Lipinski definition) is 1. The van der Waals surface area contributed by atoms with E-state index in [0.717, 1.165) is 12.1 Å². The summed E-state index contributed by atoms with van der Waals surface area (Å²) in [4.78, 5) is 13.7. The Bertz CT molecular complexity index is 829. The van der Waals surface area contributed by atoms with E-state index in [1.165, 1.54) is 24.3 Å². The number of anilines is 1. The third kappa shape index (κ3) is 5.48. The van der Waals surface area contributed by atoms with Crippen molar-refractivity contribution in [3.63, 3.8) is 0 Å². The van der Waals surface area contributed by atoms with Crippen molar-refractivity contribution >= 4 is 23.2 Å². The third-order valence-electron chi connectivity index (χ3n) is 3.52. The van der Waals surface area contributed by atoms with Gasteiger partial charge >= 0.3 is 6.18 Å². The summed E-state index contributed by atoms with van der Waals surface area (Å²) in [5, 5.41) is 11.7. The fourth-order valence-electron chi connectivity index (χ4n) is 2.30. The molecule has 0 aliphatic rings. The van der Waals surface area contributed by atoms with Crippen LogP contribution in [-0.4, -0.2) is 24.4 Å². The van der Waals surface area contributed by atoms with Gasteiger partial charge in [-0.15, -0.1) is 0 Å². The second-order valence-corrected chi connectivity index (χ2v) is 6.13. The van der Waals surface area contributed by atoms with Crippen LogP contribution in [0, 0.1) is 11.3 Å². The number of alkyl halides is 3. The van der Waals surface area contributed by atoms with Gasteiger partial charge in [-0.2, -0.15) is 18.4 Å². The molecule has 136 valence electrons. The molecular weight excluding hydrogens is 367 g/mol. The number of nitrogens with zero attached hydrogens (tertiary/aromatic N) is 2. The molecule has 1 N–H and O–H groups in total. The lowest BCUT2D eigenvalue weighted by molar-refractivity contribution is -0.137. The molecule has 1 amide bonds. The highest BCUT2D eigenvalue weighted by Crippen LogP contribution is 2.29. The summed E-state index contributed by atoms with van der Waals surface area (Å²) in [6.07, 6.45) is -4.37. The van der Waals surface area contributed by atoms with E-state index in [1.54, 1.807) is 18.0 Å². The number of benzene rings is 2. The highest BCUT2D eigenvalue weighted by Gasteiger charge is 2.29. The smallest absolute Gasteiger partial charge is 0.325 e. The normalized spacial score (nSPS) is 11.3. The number of carbonyl (C=O) groups excluding carboxylic acids is 1. The lowest BCUT2D eigenvalue weighted by Crippen LogP contribution is -2.29. The summed E-state index contributed by atoms with van der Waals surface area (Å²) < 4.78 is 37.6. The molecule has 2 aromatic rings. The maximum absolute atomic E-state index is 12.5. The summed E-state index contributed by atoms with van der Waals surface area (Å²) in [5.41, 5.74) is 0.722. The number of halogens is 4. The van der Waals surface area contributed by atoms with Crippen LogP contribution in [-0.2, 0) is 17.5 Å². The highest BCUT2D eigenvalue weighted by molar-refractivity contribution is 6.32. The Morgan fingerprint density at radius 2 is 1.88 bits per heavy atom. The Morgan fingerprint density at radius 3 is 2.42 bits per heavy atom. The van der Waals surface area contributed by atoms with Gasteiger partial charge in [-0.05, 0) is 42.9 Å². The van der Waals surface area contributed by atoms with Gasteiger partial charge in [0, 0.05) is 12.2 Å². The van der Waals surface area contributed by atoms with Gasteiger partial charge in [-0.3, -0.25) is 9.69 Å². The van der Waals surface area contributed by atoms with E-state index in [4.69, 9.17) is 16.9 Å². The molecule has 0 bridgehead atoms. The fraction of sp³-hybridized carbons (Fsp3) is 0.222. The monoisotopic (exact) mass is 381 g/mol. The summed E-state index contributed by atoms with van der Waals surface area (Å²) in [7, 11) is 1.68. The predicted molar refractivity (Wildman–Crippen MR) is 92.6 cm³/mol. The molecule has 4 nitrogen and oxygen atoms in total. The quantitative estimate of drug-likeness (QED) is 0.840. The van der Waals surface area contributed by atoms with Crippen molar-refractivity contribution in [3.8, 4) is 6.07 Å². The number of carbonyl (C=O) groups is 1. The second kappa shape index (κ2) is 8.21. The van der Waals surface area contributed by atoms with Crippen LogP contribution in [0.1, 0.15) is 16.7 Å². The van der Waals surface area contributed by atoms with Crippen molar-refractivity contribution in [1.82, 2.24) is 4.90 Å². The van der Waals surface area contributed by atoms with E-state index < -0.39 is 11.7 Å². The molecule has 0 fully saturated rings. The molecule has 0 aliphatic heterocycles. The van der Waals surface area contributed by atoms with Gasteiger partial charge in [0.1, 0.15) is 6.07 Å². The zero-order valence-corrected chi connectivity index (χ0v) is 14.5. The predicted octanol–water partition coefficient (Wildman–Crippen LogP) is 4.30. The van der Waals surface area contributed by atoms with E-state index in [2.05, 4.69) is 5.32 Å². The summed E-state index contributed by atoms with van der Waals surface area (Å²) in [6, 6.07) is 11.3. The molecule has 0 heterocycles. The van der Waals surface area contributed by atoms with Crippen LogP contribution >= 0.6 is 11.6 Å². The molecule has 0 atom stereocenters. The lowest BCUT2D eigenvalue weighted by Gasteiger charge is -2.17. The molecular formula is C18H15ClF3N3O. The van der Waals surface area contributed by atoms with Crippen LogP contribution in [0.2, 0.25) is 5.02 Å². The average molecular weight is 382 g/mol. The van der Waals surface area contributed by atoms with Crippen molar-refractivity contribution in [1.29, 1.82) is 5.26 Å². The van der Waals surface area contributed by atoms with Gasteiger partial charge in [-0.1, -0.05) is 23.7 Å². The van der Waals surface area contributed by atoms with E-state index in [9.17, 15) is 18.0 Å². The van der Waals surface area contributed by atoms with Crippen LogP contribution in [0.15, 0.2) is 42.5 Å². The lowest BCUT2D eigenvalue weighted by atomic mass is 10.1. The van der Waals surface area contributed by atoms with Crippen molar-refractivity contribution in [2.24, 2.45) is 0 Å². The van der Waals surface area contributed by atoms with Gasteiger partial charge < -0.3 is 5.32 Å². The summed E-state index contributed by atoms with van der Waals surface area (Å²) in [5.74, 6) is -0.305. The first-order valence-corrected chi connectivity index (χ1v) is 7.91. The van der Waals surface area contributed by atoms with E-state index in [0.29, 0.717) is 23.4 Å². The molecule has 2 rings (SSSR count). The first-order valence-electron chi connectivity index (χ1n) is 7.53. The molecule has 0 radical (unpaired) electrons. The largest absolute Gasteiger partial charge is 0.416 e. The number of likely N-dealkylation sites (N-methyl/N-ethyl adjacent to an activating group) is 1. The van der Waals surface area contributed by atoms with Gasteiger partial charge in [0.15, 0.2) is 0 Å². The van der Waals surface area contributed by atoms with Crippen LogP contribution in [0.3, 0.4) is 0 Å². The Balaban J connectivity index is 1.91. The summed E-state index contributed by atoms with van der Waals surface area (Å²) in [6.45, 7) is 0.359. The fourth-order valence-corrected chi connectivity index (χ4v) is 2.52. The van der Waals surface area contributed by atoms with Crippen LogP contribution in [0.5, 0.6) is 0 Å². The van der Waals surface area contributed by atoms with Crippen molar-refractivity contribution in [2.45, 2.75) is 12.7 Å². The maximum Gasteiger partial charge on any atom is 0.416 e. The molecule has 0 aliphatic carbocycles. The molecule has 2 aromatic carbocycles. The minimum atomic E-state index is -4.37. The van der Waals surface area contributed by atoms with Crippen molar-refractivity contribution < 1.29 is 18.0 Å². The minimum absolute atomic E-state index is 0.0403. The SMILES string of the molecule is CN(CC(=O)Nc1ccc(C#N)c(Cl)c1)Cc1ccc(C(F)(F)F)cc1. The number of nitrogens with one attached hydrogen (secondary N) is 1. The molecule has 8 heteroatoms. The Morgan fingerprint density at radius 1 is 1.23 bits per heavy atom. The summed E-state index contributed by atoms with van der Waals surface area (Å²) >= 11 is 5.91. The van der Waals surface area contributed by atoms with Gasteiger partial charge in [0.05, 0.1) is 22.7 Å². The molecule has 0 saturated carbocycles. The van der Waals surface area contributed by atoms with Crippen molar-refractivity contribution in [3.05, 3.63) is 64.2 Å². The Kier molecular flexibility index (Phi) is 6.24. The molecule has 0 aromatic heterocycles. The Hall–Kier alpha value is -2.56. The number of amides is 1. The van der Waals surface area contributed by atoms with E-state index in [1.807, 2.05) is 6.07 Å². The van der Waals surface area contributed by atoms with Gasteiger partial charge in [0.2, 0.25) is 5.91 Å². The number of nitriles is 1. The van der Waals surface area contributed by atoms with E-state index >= 15 is 0 Å². The second-order valence-electron chi connectivity index (χ2n) is 5.72. The highest BCUT2D eigenvalue weighted by atomic mass is 35.5. The molecule has 0 unspecified atom stereocenters. The minimum Gasteiger partial charge on any atom is -0.325 e. The molecule has 0 spiro atoms. The molecule has 26 heavy (non-hydrogen) atoms. The first kappa shape index (κ1) is 19.8. The van der Waals surface area contributed by atoms with Crippen LogP contribution < -0.4 is 5.32 Å². The zero-order chi connectivity index (χ0) is 19.3. The average Bonchev–Trinajstić information content (AvgIpc) is 2.54. The van der Waals surface area contributed by atoms with E-state index in [-0.39, 0.29) is 17.5 Å².